The second-order valence-electron chi connectivity index (χ2n) is 3.71. The van der Waals surface area contributed by atoms with Crippen LogP contribution in [-0.4, -0.2) is 29.6 Å². The number of nitrogen functional groups attached to an aromatic ring is 1. The van der Waals surface area contributed by atoms with Gasteiger partial charge in [0.1, 0.15) is 5.82 Å². The lowest BCUT2D eigenvalue weighted by molar-refractivity contribution is -0.131. The van der Waals surface area contributed by atoms with Gasteiger partial charge >= 0.3 is 0 Å². The van der Waals surface area contributed by atoms with Crippen LogP contribution in [0, 0.1) is 5.82 Å². The number of hydrogen-bond acceptors (Lipinski definition) is 3. The van der Waals surface area contributed by atoms with Crippen LogP contribution in [0.15, 0.2) is 23.1 Å². The van der Waals surface area contributed by atoms with Crippen molar-refractivity contribution in [3.05, 3.63) is 24.0 Å². The minimum Gasteiger partial charge on any atom is -0.398 e. The minimum absolute atomic E-state index is 0.0971. The van der Waals surface area contributed by atoms with Crippen molar-refractivity contribution in [3.63, 3.8) is 0 Å². The van der Waals surface area contributed by atoms with Crippen molar-refractivity contribution in [2.75, 3.05) is 24.6 Å². The molecule has 1 saturated heterocycles. The Labute approximate surface area is 97.8 Å². The quantitative estimate of drug-likeness (QED) is 0.646. The first-order valence-corrected chi connectivity index (χ1v) is 6.11. The van der Waals surface area contributed by atoms with Gasteiger partial charge in [-0.05, 0) is 24.6 Å². The highest BCUT2D eigenvalue weighted by atomic mass is 32.2. The number of nitrogens with zero attached hydrogens (tertiary/aromatic N) is 1. The summed E-state index contributed by atoms with van der Waals surface area (Å²) in [4.78, 5) is 14.0. The van der Waals surface area contributed by atoms with Crippen LogP contribution in [0.2, 0.25) is 0 Å². The zero-order valence-corrected chi connectivity index (χ0v) is 9.60. The van der Waals surface area contributed by atoms with Gasteiger partial charge in [0, 0.05) is 23.7 Å². The molecule has 1 aliphatic rings. The number of carbonyl (C=O) groups is 1. The Morgan fingerprint density at radius 3 is 2.88 bits per heavy atom. The first kappa shape index (κ1) is 11.3. The molecule has 0 saturated carbocycles. The van der Waals surface area contributed by atoms with E-state index in [4.69, 9.17) is 5.73 Å². The Kier molecular flexibility index (Phi) is 3.33. The van der Waals surface area contributed by atoms with Gasteiger partial charge in [-0.25, -0.2) is 4.39 Å². The van der Waals surface area contributed by atoms with Crippen LogP contribution in [0.25, 0.3) is 0 Å². The summed E-state index contributed by atoms with van der Waals surface area (Å²) in [5.74, 6) is 0.0983. The Bertz CT molecular complexity index is 407. The number of thioether (sulfide) groups is 1. The van der Waals surface area contributed by atoms with E-state index < -0.39 is 0 Å². The molecule has 1 amide bonds. The van der Waals surface area contributed by atoms with Crippen LogP contribution in [-0.2, 0) is 4.79 Å². The van der Waals surface area contributed by atoms with E-state index in [9.17, 15) is 9.18 Å². The second-order valence-corrected chi connectivity index (χ2v) is 4.72. The molecule has 0 radical (unpaired) electrons. The summed E-state index contributed by atoms with van der Waals surface area (Å²) >= 11 is 1.29. The summed E-state index contributed by atoms with van der Waals surface area (Å²) in [5.41, 5.74) is 6.20. The summed E-state index contributed by atoms with van der Waals surface area (Å²) in [6.45, 7) is 1.69. The molecule has 5 heteroatoms. The topological polar surface area (TPSA) is 46.3 Å². The fourth-order valence-electron chi connectivity index (χ4n) is 1.43. The normalized spacial score (nSPS) is 14.7. The van der Waals surface area contributed by atoms with Crippen LogP contribution in [0.4, 0.5) is 10.1 Å². The average molecular weight is 240 g/mol. The highest BCUT2D eigenvalue weighted by Gasteiger charge is 2.20. The van der Waals surface area contributed by atoms with E-state index in [0.717, 1.165) is 19.5 Å². The maximum absolute atomic E-state index is 12.9. The maximum atomic E-state index is 12.9. The summed E-state index contributed by atoms with van der Waals surface area (Å²) in [6, 6.07) is 4.20. The van der Waals surface area contributed by atoms with Gasteiger partial charge in [0.05, 0.1) is 5.75 Å². The van der Waals surface area contributed by atoms with Crippen LogP contribution in [0.1, 0.15) is 6.42 Å². The Balaban J connectivity index is 1.93. The van der Waals surface area contributed by atoms with Crippen molar-refractivity contribution in [1.82, 2.24) is 4.90 Å². The van der Waals surface area contributed by atoms with E-state index in [1.54, 1.807) is 4.90 Å². The molecule has 86 valence electrons. The zero-order valence-electron chi connectivity index (χ0n) is 8.78. The Hall–Kier alpha value is -1.23. The van der Waals surface area contributed by atoms with Gasteiger partial charge in [-0.15, -0.1) is 11.8 Å². The third-order valence-corrected chi connectivity index (χ3v) is 3.59. The lowest BCUT2D eigenvalue weighted by Crippen LogP contribution is -2.43. The molecule has 1 aliphatic heterocycles. The predicted octanol–water partition coefficient (Wildman–Crippen LogP) is 1.73. The predicted molar refractivity (Wildman–Crippen MR) is 62.7 cm³/mol. The van der Waals surface area contributed by atoms with Crippen LogP contribution in [0.3, 0.4) is 0 Å². The van der Waals surface area contributed by atoms with Crippen molar-refractivity contribution < 1.29 is 9.18 Å². The highest BCUT2D eigenvalue weighted by molar-refractivity contribution is 8.00. The molecule has 1 fully saturated rings. The number of hydrogen-bond donors (Lipinski definition) is 1. The number of benzene rings is 1. The van der Waals surface area contributed by atoms with Gasteiger partial charge in [-0.3, -0.25) is 4.79 Å². The van der Waals surface area contributed by atoms with Gasteiger partial charge in [0.25, 0.3) is 0 Å². The summed E-state index contributed by atoms with van der Waals surface area (Å²) < 4.78 is 12.9. The molecule has 1 aromatic rings. The van der Waals surface area contributed by atoms with Gasteiger partial charge in [-0.1, -0.05) is 0 Å². The number of halogens is 1. The van der Waals surface area contributed by atoms with E-state index in [1.165, 1.54) is 30.0 Å². The molecule has 2 N–H and O–H groups in total. The third kappa shape index (κ3) is 2.47. The molecule has 3 nitrogen and oxygen atoms in total. The van der Waals surface area contributed by atoms with Gasteiger partial charge in [-0.2, -0.15) is 0 Å². The van der Waals surface area contributed by atoms with Crippen LogP contribution >= 0.6 is 11.8 Å². The summed E-state index contributed by atoms with van der Waals surface area (Å²) in [5, 5.41) is 0. The van der Waals surface area contributed by atoms with Gasteiger partial charge in [0.2, 0.25) is 5.91 Å². The lowest BCUT2D eigenvalue weighted by atomic mass is 10.2. The first-order chi connectivity index (χ1) is 7.66. The molecule has 0 aromatic heterocycles. The van der Waals surface area contributed by atoms with Crippen molar-refractivity contribution in [3.8, 4) is 0 Å². The molecule has 0 bridgehead atoms. The minimum atomic E-state index is -0.326. The number of rotatable bonds is 3. The number of nitrogens with two attached hydrogens (primary N) is 1. The van der Waals surface area contributed by atoms with Gasteiger partial charge in [0.15, 0.2) is 0 Å². The zero-order chi connectivity index (χ0) is 11.5. The van der Waals surface area contributed by atoms with Crippen molar-refractivity contribution in [2.24, 2.45) is 0 Å². The Morgan fingerprint density at radius 1 is 1.50 bits per heavy atom. The fraction of sp³-hybridized carbons (Fsp3) is 0.364. The van der Waals surface area contributed by atoms with E-state index >= 15 is 0 Å². The molecule has 0 aliphatic carbocycles. The highest BCUT2D eigenvalue weighted by Crippen LogP contribution is 2.26. The first-order valence-electron chi connectivity index (χ1n) is 5.12. The number of carbonyl (C=O) groups excluding carboxylic acids is 1. The van der Waals surface area contributed by atoms with Gasteiger partial charge < -0.3 is 10.6 Å². The standard InChI is InChI=1S/C11H13FN2OS/c12-8-2-3-9(13)10(6-8)16-7-11(15)14-4-1-5-14/h2-3,6H,1,4-5,7,13H2. The molecule has 0 spiro atoms. The fourth-order valence-corrected chi connectivity index (χ4v) is 2.32. The Morgan fingerprint density at radius 2 is 2.25 bits per heavy atom. The number of amides is 1. The molecule has 1 heterocycles. The SMILES string of the molecule is Nc1ccc(F)cc1SCC(=O)N1CCC1. The number of anilines is 1. The monoisotopic (exact) mass is 240 g/mol. The second kappa shape index (κ2) is 4.74. The molecular weight excluding hydrogens is 227 g/mol. The molecule has 2 rings (SSSR count). The molecule has 16 heavy (non-hydrogen) atoms. The molecule has 1 aromatic carbocycles. The van der Waals surface area contributed by atoms with E-state index in [1.807, 2.05) is 0 Å². The summed E-state index contributed by atoms with van der Waals surface area (Å²) in [6.07, 6.45) is 1.08. The van der Waals surface area contributed by atoms with Crippen molar-refractivity contribution in [1.29, 1.82) is 0 Å². The maximum Gasteiger partial charge on any atom is 0.232 e. The van der Waals surface area contributed by atoms with Crippen LogP contribution in [0.5, 0.6) is 0 Å². The molecular formula is C11H13FN2OS. The third-order valence-electron chi connectivity index (χ3n) is 2.54. The average Bonchev–Trinajstić information content (AvgIpc) is 2.17. The largest absolute Gasteiger partial charge is 0.398 e. The van der Waals surface area contributed by atoms with Crippen LogP contribution < -0.4 is 5.73 Å². The molecule has 0 unspecified atom stereocenters. The molecule has 0 atom stereocenters. The summed E-state index contributed by atoms with van der Waals surface area (Å²) in [7, 11) is 0. The van der Waals surface area contributed by atoms with Crippen molar-refractivity contribution in [2.45, 2.75) is 11.3 Å². The number of likely N-dealkylation sites (tertiary alicyclic amines) is 1. The lowest BCUT2D eigenvalue weighted by Gasteiger charge is -2.30. The van der Waals surface area contributed by atoms with E-state index in [-0.39, 0.29) is 11.7 Å². The smallest absolute Gasteiger partial charge is 0.232 e. The van der Waals surface area contributed by atoms with E-state index in [0.29, 0.717) is 16.3 Å². The van der Waals surface area contributed by atoms with Crippen molar-refractivity contribution >= 4 is 23.4 Å². The van der Waals surface area contributed by atoms with E-state index in [2.05, 4.69) is 0 Å².